The molecule has 0 fully saturated rings. The number of alkyl halides is 3. The summed E-state index contributed by atoms with van der Waals surface area (Å²) in [5.41, 5.74) is 0. The van der Waals surface area contributed by atoms with Crippen LogP contribution in [0.3, 0.4) is 0 Å². The van der Waals surface area contributed by atoms with Gasteiger partial charge in [-0.15, -0.1) is 0 Å². The molecule has 1 heterocycles. The molecule has 102 valence electrons. The van der Waals surface area contributed by atoms with E-state index in [1.54, 1.807) is 12.1 Å². The Morgan fingerprint density at radius 1 is 1.50 bits per heavy atom. The van der Waals surface area contributed by atoms with Crippen molar-refractivity contribution in [2.75, 3.05) is 13.1 Å². The monoisotopic (exact) mass is 264 g/mol. The predicted octanol–water partition coefficient (Wildman–Crippen LogP) is 1.48. The molecular formula is C11H15F3N2O2. The number of amides is 1. The molecule has 0 aliphatic heterocycles. The SMILES string of the molecule is CC(NCCc1ccco1)C(=O)NCC(F)(F)F. The first-order chi connectivity index (χ1) is 8.38. The Bertz CT molecular complexity index is 363. The van der Waals surface area contributed by atoms with Crippen LogP contribution in [0.4, 0.5) is 13.2 Å². The van der Waals surface area contributed by atoms with E-state index in [-0.39, 0.29) is 0 Å². The third kappa shape index (κ3) is 5.72. The third-order valence-corrected chi connectivity index (χ3v) is 2.26. The number of carbonyl (C=O) groups is 1. The van der Waals surface area contributed by atoms with E-state index in [4.69, 9.17) is 4.42 Å². The number of halogens is 3. The van der Waals surface area contributed by atoms with Crippen LogP contribution in [0.5, 0.6) is 0 Å². The fourth-order valence-electron chi connectivity index (χ4n) is 1.30. The van der Waals surface area contributed by atoms with Gasteiger partial charge in [-0.05, 0) is 19.1 Å². The molecule has 0 bridgehead atoms. The van der Waals surface area contributed by atoms with Crippen LogP contribution in [-0.4, -0.2) is 31.2 Å². The maximum Gasteiger partial charge on any atom is 0.405 e. The summed E-state index contributed by atoms with van der Waals surface area (Å²) in [6, 6.07) is 2.85. The van der Waals surface area contributed by atoms with Crippen molar-refractivity contribution in [2.24, 2.45) is 0 Å². The first kappa shape index (κ1) is 14.6. The number of hydrogen-bond acceptors (Lipinski definition) is 3. The van der Waals surface area contributed by atoms with Crippen molar-refractivity contribution in [1.29, 1.82) is 0 Å². The molecule has 1 rings (SSSR count). The van der Waals surface area contributed by atoms with Crippen LogP contribution in [0.25, 0.3) is 0 Å². The molecular weight excluding hydrogens is 249 g/mol. The average molecular weight is 264 g/mol. The molecule has 1 unspecified atom stereocenters. The molecule has 7 heteroatoms. The van der Waals surface area contributed by atoms with Crippen molar-refractivity contribution in [2.45, 2.75) is 25.6 Å². The average Bonchev–Trinajstić information content (AvgIpc) is 2.77. The van der Waals surface area contributed by atoms with Gasteiger partial charge in [0, 0.05) is 13.0 Å². The van der Waals surface area contributed by atoms with E-state index in [0.717, 1.165) is 5.76 Å². The minimum Gasteiger partial charge on any atom is -0.469 e. The molecule has 0 radical (unpaired) electrons. The summed E-state index contributed by atoms with van der Waals surface area (Å²) in [6.45, 7) is 0.651. The lowest BCUT2D eigenvalue weighted by molar-refractivity contribution is -0.139. The van der Waals surface area contributed by atoms with Gasteiger partial charge < -0.3 is 15.1 Å². The molecule has 1 aromatic rings. The second-order valence-corrected chi connectivity index (χ2v) is 3.84. The van der Waals surface area contributed by atoms with Gasteiger partial charge in [0.15, 0.2) is 0 Å². The Balaban J connectivity index is 2.19. The zero-order chi connectivity index (χ0) is 13.6. The van der Waals surface area contributed by atoms with E-state index < -0.39 is 24.7 Å². The fraction of sp³-hybridized carbons (Fsp3) is 0.545. The highest BCUT2D eigenvalue weighted by Crippen LogP contribution is 2.12. The van der Waals surface area contributed by atoms with Gasteiger partial charge in [-0.1, -0.05) is 0 Å². The van der Waals surface area contributed by atoms with Gasteiger partial charge in [0.2, 0.25) is 5.91 Å². The summed E-state index contributed by atoms with van der Waals surface area (Å²) in [5, 5.41) is 4.63. The standard InChI is InChI=1S/C11H15F3N2O2/c1-8(10(17)16-7-11(12,13)14)15-5-4-9-3-2-6-18-9/h2-3,6,8,15H,4-5,7H2,1H3,(H,16,17). The number of rotatable bonds is 6. The Morgan fingerprint density at radius 3 is 2.78 bits per heavy atom. The van der Waals surface area contributed by atoms with Gasteiger partial charge in [0.05, 0.1) is 12.3 Å². The normalized spacial score (nSPS) is 13.3. The number of carbonyl (C=O) groups excluding carboxylic acids is 1. The van der Waals surface area contributed by atoms with Crippen LogP contribution < -0.4 is 10.6 Å². The molecule has 1 atom stereocenters. The number of nitrogens with one attached hydrogen (secondary N) is 2. The molecule has 2 N–H and O–H groups in total. The van der Waals surface area contributed by atoms with Crippen LogP contribution in [0.1, 0.15) is 12.7 Å². The minimum atomic E-state index is -4.39. The van der Waals surface area contributed by atoms with E-state index in [1.807, 2.05) is 5.32 Å². The van der Waals surface area contributed by atoms with Crippen LogP contribution >= 0.6 is 0 Å². The summed E-state index contributed by atoms with van der Waals surface area (Å²) in [4.78, 5) is 11.3. The number of furan rings is 1. The minimum absolute atomic E-state index is 0.452. The topological polar surface area (TPSA) is 54.3 Å². The van der Waals surface area contributed by atoms with Gasteiger partial charge in [0.25, 0.3) is 0 Å². The third-order valence-electron chi connectivity index (χ3n) is 2.26. The van der Waals surface area contributed by atoms with E-state index in [1.165, 1.54) is 13.2 Å². The number of hydrogen-bond donors (Lipinski definition) is 2. The molecule has 0 aliphatic carbocycles. The summed E-state index contributed by atoms with van der Waals surface area (Å²) in [5.74, 6) is 0.0807. The van der Waals surface area contributed by atoms with E-state index in [2.05, 4.69) is 5.32 Å². The van der Waals surface area contributed by atoms with E-state index >= 15 is 0 Å². The van der Waals surface area contributed by atoms with Crippen LogP contribution in [0, 0.1) is 0 Å². The highest BCUT2D eigenvalue weighted by atomic mass is 19.4. The highest BCUT2D eigenvalue weighted by Gasteiger charge is 2.28. The second-order valence-electron chi connectivity index (χ2n) is 3.84. The zero-order valence-electron chi connectivity index (χ0n) is 9.88. The Morgan fingerprint density at radius 2 is 2.22 bits per heavy atom. The van der Waals surface area contributed by atoms with E-state index in [0.29, 0.717) is 13.0 Å². The maximum absolute atomic E-state index is 11.9. The molecule has 0 saturated carbocycles. The van der Waals surface area contributed by atoms with Crippen LogP contribution in [0.2, 0.25) is 0 Å². The molecule has 0 aliphatic rings. The van der Waals surface area contributed by atoms with Crippen molar-refractivity contribution in [3.05, 3.63) is 24.2 Å². The molecule has 1 aromatic heterocycles. The van der Waals surface area contributed by atoms with E-state index in [9.17, 15) is 18.0 Å². The van der Waals surface area contributed by atoms with Crippen molar-refractivity contribution in [1.82, 2.24) is 10.6 Å². The van der Waals surface area contributed by atoms with Gasteiger partial charge >= 0.3 is 6.18 Å². The molecule has 0 aromatic carbocycles. The summed E-state index contributed by atoms with van der Waals surface area (Å²) < 4.78 is 40.7. The lowest BCUT2D eigenvalue weighted by Crippen LogP contribution is -2.45. The lowest BCUT2D eigenvalue weighted by atomic mass is 10.2. The van der Waals surface area contributed by atoms with Gasteiger partial charge in [0.1, 0.15) is 12.3 Å². The largest absolute Gasteiger partial charge is 0.469 e. The van der Waals surface area contributed by atoms with Crippen molar-refractivity contribution in [3.63, 3.8) is 0 Å². The van der Waals surface area contributed by atoms with Gasteiger partial charge in [-0.3, -0.25) is 4.79 Å². The molecule has 0 saturated heterocycles. The summed E-state index contributed by atoms with van der Waals surface area (Å²) in [7, 11) is 0. The van der Waals surface area contributed by atoms with Gasteiger partial charge in [-0.2, -0.15) is 13.2 Å². The molecule has 0 spiro atoms. The smallest absolute Gasteiger partial charge is 0.405 e. The van der Waals surface area contributed by atoms with Crippen LogP contribution in [-0.2, 0) is 11.2 Å². The highest BCUT2D eigenvalue weighted by molar-refractivity contribution is 5.81. The van der Waals surface area contributed by atoms with Crippen LogP contribution in [0.15, 0.2) is 22.8 Å². The molecule has 18 heavy (non-hydrogen) atoms. The fourth-order valence-corrected chi connectivity index (χ4v) is 1.30. The van der Waals surface area contributed by atoms with Crippen molar-refractivity contribution >= 4 is 5.91 Å². The second kappa shape index (κ2) is 6.44. The Hall–Kier alpha value is -1.50. The van der Waals surface area contributed by atoms with Crippen molar-refractivity contribution < 1.29 is 22.4 Å². The van der Waals surface area contributed by atoms with Gasteiger partial charge in [-0.25, -0.2) is 0 Å². The lowest BCUT2D eigenvalue weighted by Gasteiger charge is -2.14. The molecule has 4 nitrogen and oxygen atoms in total. The Kier molecular flexibility index (Phi) is 5.21. The quantitative estimate of drug-likeness (QED) is 0.818. The maximum atomic E-state index is 11.9. The summed E-state index contributed by atoms with van der Waals surface area (Å²) >= 11 is 0. The Labute approximate surface area is 103 Å². The summed E-state index contributed by atoms with van der Waals surface area (Å²) in [6.07, 6.45) is -2.28. The zero-order valence-corrected chi connectivity index (χ0v) is 9.88. The first-order valence-electron chi connectivity index (χ1n) is 5.49. The van der Waals surface area contributed by atoms with Crippen molar-refractivity contribution in [3.8, 4) is 0 Å². The first-order valence-corrected chi connectivity index (χ1v) is 5.49. The predicted molar refractivity (Wildman–Crippen MR) is 58.9 cm³/mol. The molecule has 1 amide bonds.